The van der Waals surface area contributed by atoms with Crippen LogP contribution in [-0.4, -0.2) is 31.1 Å². The molecule has 0 saturated carbocycles. The van der Waals surface area contributed by atoms with Crippen molar-refractivity contribution < 1.29 is 9.59 Å². The van der Waals surface area contributed by atoms with Crippen molar-refractivity contribution in [3.05, 3.63) is 106 Å². The van der Waals surface area contributed by atoms with Gasteiger partial charge < -0.3 is 10.2 Å². The Hall–Kier alpha value is -3.90. The van der Waals surface area contributed by atoms with Gasteiger partial charge in [0.25, 0.3) is 11.8 Å². The van der Waals surface area contributed by atoms with E-state index in [9.17, 15) is 9.59 Å². The van der Waals surface area contributed by atoms with Crippen molar-refractivity contribution in [3.8, 4) is 0 Å². The van der Waals surface area contributed by atoms with E-state index in [0.29, 0.717) is 10.9 Å². The number of hydrogen-bond donors (Lipinski definition) is 2. The number of rotatable bonds is 10. The molecule has 6 nitrogen and oxygen atoms in total. The Morgan fingerprint density at radius 1 is 0.919 bits per heavy atom. The number of carbonyl (C=O) groups is 2. The fourth-order valence-electron chi connectivity index (χ4n) is 3.72. The van der Waals surface area contributed by atoms with Gasteiger partial charge in [-0.25, -0.2) is 5.43 Å². The minimum absolute atomic E-state index is 0.0489. The molecule has 0 spiro atoms. The SMILES string of the molecule is CCN(CC)c1ccc(C=C(NC(=O)c2ccccc2Cl)C(=O)NN=Cc2ccc(C(C)C)cc2)cc1. The molecule has 0 heterocycles. The van der Waals surface area contributed by atoms with E-state index in [-0.39, 0.29) is 11.3 Å². The maximum Gasteiger partial charge on any atom is 0.287 e. The lowest BCUT2D eigenvalue weighted by Crippen LogP contribution is -2.33. The van der Waals surface area contributed by atoms with E-state index in [1.165, 1.54) is 5.56 Å². The monoisotopic (exact) mass is 516 g/mol. The highest BCUT2D eigenvalue weighted by molar-refractivity contribution is 6.34. The first-order valence-electron chi connectivity index (χ1n) is 12.4. The van der Waals surface area contributed by atoms with Gasteiger partial charge >= 0.3 is 0 Å². The highest BCUT2D eigenvalue weighted by Gasteiger charge is 2.16. The first kappa shape index (κ1) is 27.7. The van der Waals surface area contributed by atoms with Gasteiger partial charge in [0.1, 0.15) is 5.70 Å². The van der Waals surface area contributed by atoms with Crippen molar-refractivity contribution in [1.29, 1.82) is 0 Å². The fraction of sp³-hybridized carbons (Fsp3) is 0.233. The van der Waals surface area contributed by atoms with Crippen LogP contribution in [0.2, 0.25) is 5.02 Å². The summed E-state index contributed by atoms with van der Waals surface area (Å²) in [7, 11) is 0. The van der Waals surface area contributed by atoms with Gasteiger partial charge in [-0.1, -0.05) is 74.0 Å². The van der Waals surface area contributed by atoms with Crippen molar-refractivity contribution in [2.24, 2.45) is 5.10 Å². The van der Waals surface area contributed by atoms with Gasteiger partial charge in [-0.15, -0.1) is 0 Å². The number of carbonyl (C=O) groups excluding carboxylic acids is 2. The van der Waals surface area contributed by atoms with Crippen LogP contribution in [0, 0.1) is 0 Å². The van der Waals surface area contributed by atoms with Crippen LogP contribution in [-0.2, 0) is 4.79 Å². The predicted molar refractivity (Wildman–Crippen MR) is 153 cm³/mol. The number of benzene rings is 3. The Bertz CT molecular complexity index is 1260. The second-order valence-corrected chi connectivity index (χ2v) is 9.18. The van der Waals surface area contributed by atoms with Crippen molar-refractivity contribution in [3.63, 3.8) is 0 Å². The highest BCUT2D eigenvalue weighted by atomic mass is 35.5. The van der Waals surface area contributed by atoms with Gasteiger partial charge in [0.15, 0.2) is 0 Å². The second-order valence-electron chi connectivity index (χ2n) is 8.78. The van der Waals surface area contributed by atoms with Gasteiger partial charge in [0.05, 0.1) is 16.8 Å². The highest BCUT2D eigenvalue weighted by Crippen LogP contribution is 2.18. The molecule has 0 radical (unpaired) electrons. The van der Waals surface area contributed by atoms with Crippen LogP contribution in [0.1, 0.15) is 60.7 Å². The Morgan fingerprint density at radius 2 is 1.54 bits per heavy atom. The van der Waals surface area contributed by atoms with Crippen LogP contribution in [0.4, 0.5) is 5.69 Å². The van der Waals surface area contributed by atoms with Crippen LogP contribution in [0.25, 0.3) is 6.08 Å². The minimum Gasteiger partial charge on any atom is -0.372 e. The molecule has 3 aromatic rings. The third-order valence-electron chi connectivity index (χ3n) is 5.93. The molecule has 7 heteroatoms. The van der Waals surface area contributed by atoms with Crippen molar-refractivity contribution in [1.82, 2.24) is 10.7 Å². The van der Waals surface area contributed by atoms with Crippen LogP contribution < -0.4 is 15.6 Å². The quantitative estimate of drug-likeness (QED) is 0.190. The van der Waals surface area contributed by atoms with Crippen LogP contribution >= 0.6 is 11.6 Å². The number of nitrogens with zero attached hydrogens (tertiary/aromatic N) is 2. The number of anilines is 1. The van der Waals surface area contributed by atoms with E-state index < -0.39 is 11.8 Å². The summed E-state index contributed by atoms with van der Waals surface area (Å²) in [5.41, 5.74) is 6.75. The molecular formula is C30H33ClN4O2. The molecule has 0 saturated heterocycles. The molecule has 0 unspecified atom stereocenters. The number of amides is 2. The molecule has 0 bridgehead atoms. The summed E-state index contributed by atoms with van der Waals surface area (Å²) in [5.74, 6) is -0.607. The van der Waals surface area contributed by atoms with Gasteiger partial charge in [0.2, 0.25) is 0 Å². The Morgan fingerprint density at radius 3 is 2.14 bits per heavy atom. The lowest BCUT2D eigenvalue weighted by molar-refractivity contribution is -0.117. The van der Waals surface area contributed by atoms with Gasteiger partial charge in [-0.05, 0) is 66.8 Å². The average molecular weight is 517 g/mol. The summed E-state index contributed by atoms with van der Waals surface area (Å²) >= 11 is 6.19. The van der Waals surface area contributed by atoms with Crippen molar-refractivity contribution >= 4 is 41.4 Å². The molecule has 192 valence electrons. The molecule has 37 heavy (non-hydrogen) atoms. The smallest absolute Gasteiger partial charge is 0.287 e. The van der Waals surface area contributed by atoms with Crippen LogP contribution in [0.15, 0.2) is 83.6 Å². The maximum atomic E-state index is 13.1. The predicted octanol–water partition coefficient (Wildman–Crippen LogP) is 6.23. The maximum absolute atomic E-state index is 13.1. The number of halogens is 1. The number of nitrogens with one attached hydrogen (secondary N) is 2. The van der Waals surface area contributed by atoms with Crippen molar-refractivity contribution in [2.45, 2.75) is 33.6 Å². The second kappa shape index (κ2) is 13.4. The molecule has 0 aromatic heterocycles. The molecule has 3 rings (SSSR count). The molecule has 0 atom stereocenters. The Balaban J connectivity index is 1.82. The zero-order chi connectivity index (χ0) is 26.8. The van der Waals surface area contributed by atoms with E-state index in [4.69, 9.17) is 11.6 Å². The van der Waals surface area contributed by atoms with Gasteiger partial charge in [0, 0.05) is 18.8 Å². The standard InChI is InChI=1S/C30H33ClN4O2/c1-5-35(6-2)25-17-13-22(14-18-25)19-28(33-29(36)26-9-7-8-10-27(26)31)30(37)34-32-20-23-11-15-24(16-12-23)21(3)4/h7-21H,5-6H2,1-4H3,(H,33,36)(H,34,37). The first-order valence-corrected chi connectivity index (χ1v) is 12.8. The summed E-state index contributed by atoms with van der Waals surface area (Å²) in [6, 6.07) is 22.4. The molecule has 0 aliphatic heterocycles. The average Bonchev–Trinajstić information content (AvgIpc) is 2.90. The molecule has 2 amide bonds. The normalized spacial score (nSPS) is 11.6. The third-order valence-corrected chi connectivity index (χ3v) is 6.26. The van der Waals surface area contributed by atoms with Crippen LogP contribution in [0.5, 0.6) is 0 Å². The first-order chi connectivity index (χ1) is 17.8. The lowest BCUT2D eigenvalue weighted by Gasteiger charge is -2.21. The molecule has 0 fully saturated rings. The third kappa shape index (κ3) is 7.79. The van der Waals surface area contributed by atoms with Gasteiger partial charge in [-0.2, -0.15) is 5.10 Å². The Kier molecular flexibility index (Phi) is 10.0. The molecule has 0 aliphatic rings. The number of hydrazone groups is 1. The molecular weight excluding hydrogens is 484 g/mol. The van der Waals surface area contributed by atoms with E-state index >= 15 is 0 Å². The summed E-state index contributed by atoms with van der Waals surface area (Å²) in [5, 5.41) is 7.08. The minimum atomic E-state index is -0.553. The summed E-state index contributed by atoms with van der Waals surface area (Å²) in [6.07, 6.45) is 3.18. The van der Waals surface area contributed by atoms with Crippen molar-refractivity contribution in [2.75, 3.05) is 18.0 Å². The van der Waals surface area contributed by atoms with E-state index in [2.05, 4.69) is 48.4 Å². The summed E-state index contributed by atoms with van der Waals surface area (Å²) in [6.45, 7) is 10.2. The van der Waals surface area contributed by atoms with E-state index in [0.717, 1.165) is 29.9 Å². The van der Waals surface area contributed by atoms with Gasteiger partial charge in [-0.3, -0.25) is 9.59 Å². The largest absolute Gasteiger partial charge is 0.372 e. The Labute approximate surface area is 224 Å². The summed E-state index contributed by atoms with van der Waals surface area (Å²) < 4.78 is 0. The lowest BCUT2D eigenvalue weighted by atomic mass is 10.0. The molecule has 2 N–H and O–H groups in total. The topological polar surface area (TPSA) is 73.8 Å². The number of hydrogen-bond acceptors (Lipinski definition) is 4. The van der Waals surface area contributed by atoms with E-state index in [1.807, 2.05) is 48.5 Å². The van der Waals surface area contributed by atoms with Crippen LogP contribution in [0.3, 0.4) is 0 Å². The zero-order valence-electron chi connectivity index (χ0n) is 21.7. The zero-order valence-corrected chi connectivity index (χ0v) is 22.4. The van der Waals surface area contributed by atoms with E-state index in [1.54, 1.807) is 36.6 Å². The molecule has 0 aliphatic carbocycles. The fourth-order valence-corrected chi connectivity index (χ4v) is 3.94. The summed E-state index contributed by atoms with van der Waals surface area (Å²) in [4.78, 5) is 28.2. The molecule has 3 aromatic carbocycles.